The predicted octanol–water partition coefficient (Wildman–Crippen LogP) is 2.13. The minimum atomic E-state index is -0.0573. The highest BCUT2D eigenvalue weighted by atomic mass is 127. The molecule has 2 rings (SSSR count). The topological polar surface area (TPSA) is 50.9 Å². The van der Waals surface area contributed by atoms with Gasteiger partial charge in [-0.1, -0.05) is 0 Å². The molecule has 6 heteroatoms. The molecule has 0 unspecified atom stereocenters. The Kier molecular flexibility index (Phi) is 3.37. The lowest BCUT2D eigenvalue weighted by atomic mass is 10.3. The monoisotopic (exact) mass is 379 g/mol. The number of pyridine rings is 1. The van der Waals surface area contributed by atoms with Crippen LogP contribution in [-0.2, 0) is 6.61 Å². The summed E-state index contributed by atoms with van der Waals surface area (Å²) in [6, 6.07) is 1.83. The Labute approximate surface area is 109 Å². The number of nitrogens with zero attached hydrogens (tertiary/aromatic N) is 3. The molecular formula is C9H7BrIN3O. The molecule has 0 bridgehead atoms. The van der Waals surface area contributed by atoms with Gasteiger partial charge in [-0.15, -0.1) is 0 Å². The molecule has 2 heterocycles. The molecule has 78 valence electrons. The van der Waals surface area contributed by atoms with Crippen LogP contribution in [0.15, 0.2) is 29.1 Å². The molecule has 0 amide bonds. The molecule has 15 heavy (non-hydrogen) atoms. The first-order chi connectivity index (χ1) is 7.20. The van der Waals surface area contributed by atoms with Gasteiger partial charge in [0.05, 0.1) is 16.4 Å². The highest BCUT2D eigenvalue weighted by molar-refractivity contribution is 14.1. The quantitative estimate of drug-likeness (QED) is 0.813. The minimum absolute atomic E-state index is 0.0573. The summed E-state index contributed by atoms with van der Waals surface area (Å²) >= 11 is 5.49. The summed E-state index contributed by atoms with van der Waals surface area (Å²) in [5.74, 6) is 0.656. The zero-order chi connectivity index (χ0) is 10.8. The third-order valence-electron chi connectivity index (χ3n) is 1.85. The second kappa shape index (κ2) is 4.58. The molecule has 4 nitrogen and oxygen atoms in total. The standard InChI is InChI=1S/C9H7BrIN3O/c10-7-1-6(5-15)9(12-2-7)14-4-8(11)3-13-14/h1-4,15H,5H2. The van der Waals surface area contributed by atoms with Crippen molar-refractivity contribution < 1.29 is 5.11 Å². The zero-order valence-corrected chi connectivity index (χ0v) is 11.3. The van der Waals surface area contributed by atoms with Crippen molar-refractivity contribution >= 4 is 38.5 Å². The average Bonchev–Trinajstić information content (AvgIpc) is 2.64. The van der Waals surface area contributed by atoms with Gasteiger partial charge in [0.1, 0.15) is 0 Å². The van der Waals surface area contributed by atoms with Crippen molar-refractivity contribution in [1.82, 2.24) is 14.8 Å². The van der Waals surface area contributed by atoms with Crippen LogP contribution in [0.2, 0.25) is 0 Å². The molecule has 0 atom stereocenters. The third-order valence-corrected chi connectivity index (χ3v) is 2.84. The van der Waals surface area contributed by atoms with Crippen LogP contribution in [0.4, 0.5) is 0 Å². The Morgan fingerprint density at radius 1 is 1.47 bits per heavy atom. The molecule has 0 fully saturated rings. The fraction of sp³-hybridized carbons (Fsp3) is 0.111. The van der Waals surface area contributed by atoms with Crippen molar-refractivity contribution in [2.45, 2.75) is 6.61 Å². The Morgan fingerprint density at radius 3 is 2.87 bits per heavy atom. The summed E-state index contributed by atoms with van der Waals surface area (Å²) in [7, 11) is 0. The Bertz CT molecular complexity index is 486. The fourth-order valence-electron chi connectivity index (χ4n) is 1.21. The van der Waals surface area contributed by atoms with Gasteiger partial charge in [-0.05, 0) is 44.6 Å². The van der Waals surface area contributed by atoms with Crippen LogP contribution in [-0.4, -0.2) is 19.9 Å². The molecule has 1 N–H and O–H groups in total. The molecule has 0 saturated carbocycles. The van der Waals surface area contributed by atoms with Crippen molar-refractivity contribution in [3.63, 3.8) is 0 Å². The number of halogens is 2. The highest BCUT2D eigenvalue weighted by Gasteiger charge is 2.07. The summed E-state index contributed by atoms with van der Waals surface area (Å²) in [6.07, 6.45) is 5.28. The van der Waals surface area contributed by atoms with Crippen LogP contribution in [0.1, 0.15) is 5.56 Å². The third kappa shape index (κ3) is 2.37. The van der Waals surface area contributed by atoms with Crippen molar-refractivity contribution in [3.8, 4) is 5.82 Å². The Hall–Kier alpha value is -0.470. The van der Waals surface area contributed by atoms with Gasteiger partial charge in [0.25, 0.3) is 0 Å². The average molecular weight is 380 g/mol. The zero-order valence-electron chi connectivity index (χ0n) is 7.56. The first-order valence-corrected chi connectivity index (χ1v) is 6.03. The first-order valence-electron chi connectivity index (χ1n) is 4.16. The smallest absolute Gasteiger partial charge is 0.158 e. The van der Waals surface area contributed by atoms with Crippen LogP contribution >= 0.6 is 38.5 Å². The lowest BCUT2D eigenvalue weighted by Crippen LogP contribution is -2.03. The molecular weight excluding hydrogens is 373 g/mol. The number of hydrogen-bond acceptors (Lipinski definition) is 3. The van der Waals surface area contributed by atoms with Gasteiger partial charge in [-0.25, -0.2) is 9.67 Å². The molecule has 0 aliphatic carbocycles. The predicted molar refractivity (Wildman–Crippen MR) is 67.7 cm³/mol. The Morgan fingerprint density at radius 2 is 2.27 bits per heavy atom. The molecule has 0 aliphatic rings. The second-order valence-corrected chi connectivity index (χ2v) is 5.06. The van der Waals surface area contributed by atoms with Crippen LogP contribution in [0.5, 0.6) is 0 Å². The van der Waals surface area contributed by atoms with Gasteiger partial charge >= 0.3 is 0 Å². The fourth-order valence-corrected chi connectivity index (χ4v) is 1.98. The van der Waals surface area contributed by atoms with Gasteiger partial charge in [0, 0.05) is 22.4 Å². The lowest BCUT2D eigenvalue weighted by molar-refractivity contribution is 0.280. The van der Waals surface area contributed by atoms with E-state index in [2.05, 4.69) is 48.6 Å². The number of aliphatic hydroxyl groups excluding tert-OH is 1. The van der Waals surface area contributed by atoms with E-state index >= 15 is 0 Å². The molecule has 0 saturated heterocycles. The molecule has 0 radical (unpaired) electrons. The maximum absolute atomic E-state index is 9.21. The molecule has 2 aromatic heterocycles. The van der Waals surface area contributed by atoms with Crippen LogP contribution < -0.4 is 0 Å². The van der Waals surface area contributed by atoms with E-state index in [1.807, 2.05) is 12.3 Å². The van der Waals surface area contributed by atoms with Gasteiger partial charge in [-0.2, -0.15) is 5.10 Å². The SMILES string of the molecule is OCc1cc(Br)cnc1-n1cc(I)cn1. The van der Waals surface area contributed by atoms with Gasteiger partial charge in [-0.3, -0.25) is 0 Å². The summed E-state index contributed by atoms with van der Waals surface area (Å²) < 4.78 is 3.53. The van der Waals surface area contributed by atoms with Gasteiger partial charge in [0.15, 0.2) is 5.82 Å². The van der Waals surface area contributed by atoms with Crippen LogP contribution in [0.25, 0.3) is 5.82 Å². The van der Waals surface area contributed by atoms with Crippen molar-refractivity contribution in [1.29, 1.82) is 0 Å². The number of hydrogen-bond donors (Lipinski definition) is 1. The largest absolute Gasteiger partial charge is 0.392 e. The van der Waals surface area contributed by atoms with E-state index in [0.29, 0.717) is 5.82 Å². The first kappa shape index (κ1) is 11.0. The van der Waals surface area contributed by atoms with Crippen molar-refractivity contribution in [3.05, 3.63) is 38.3 Å². The maximum atomic E-state index is 9.21. The van der Waals surface area contributed by atoms with Crippen molar-refractivity contribution in [2.75, 3.05) is 0 Å². The van der Waals surface area contributed by atoms with Gasteiger partial charge < -0.3 is 5.11 Å². The summed E-state index contributed by atoms with van der Waals surface area (Å²) in [4.78, 5) is 4.22. The number of aliphatic hydroxyl groups is 1. The van der Waals surface area contributed by atoms with Crippen molar-refractivity contribution in [2.24, 2.45) is 0 Å². The maximum Gasteiger partial charge on any atom is 0.158 e. The number of rotatable bonds is 2. The van der Waals surface area contributed by atoms with E-state index in [9.17, 15) is 5.11 Å². The van der Waals surface area contributed by atoms with Crippen LogP contribution in [0, 0.1) is 3.57 Å². The number of aromatic nitrogens is 3. The van der Waals surface area contributed by atoms with Crippen LogP contribution in [0.3, 0.4) is 0 Å². The Balaban J connectivity index is 2.52. The summed E-state index contributed by atoms with van der Waals surface area (Å²) in [5.41, 5.74) is 0.740. The summed E-state index contributed by atoms with van der Waals surface area (Å²) in [5, 5.41) is 13.4. The molecule has 0 aliphatic heterocycles. The normalized spacial score (nSPS) is 10.6. The lowest BCUT2D eigenvalue weighted by Gasteiger charge is -2.05. The minimum Gasteiger partial charge on any atom is -0.392 e. The molecule has 2 aromatic rings. The van der Waals surface area contributed by atoms with E-state index in [-0.39, 0.29) is 6.61 Å². The van der Waals surface area contributed by atoms with E-state index < -0.39 is 0 Å². The van der Waals surface area contributed by atoms with E-state index in [1.54, 1.807) is 17.1 Å². The highest BCUT2D eigenvalue weighted by Crippen LogP contribution is 2.17. The van der Waals surface area contributed by atoms with Gasteiger partial charge in [0.2, 0.25) is 0 Å². The summed E-state index contributed by atoms with van der Waals surface area (Å²) in [6.45, 7) is -0.0573. The molecule has 0 aromatic carbocycles. The van der Waals surface area contributed by atoms with E-state index in [4.69, 9.17) is 0 Å². The van der Waals surface area contributed by atoms with E-state index in [0.717, 1.165) is 13.6 Å². The molecule has 0 spiro atoms. The second-order valence-electron chi connectivity index (χ2n) is 2.90. The van der Waals surface area contributed by atoms with E-state index in [1.165, 1.54) is 0 Å².